The topological polar surface area (TPSA) is 97.4 Å². The quantitative estimate of drug-likeness (QED) is 0.777. The molecule has 6 nitrogen and oxygen atoms in total. The fraction of sp³-hybridized carbons (Fsp3) is 0.300. The molecule has 0 atom stereocenters. The highest BCUT2D eigenvalue weighted by Crippen LogP contribution is 2.23. The highest BCUT2D eigenvalue weighted by molar-refractivity contribution is 8.13. The van der Waals surface area contributed by atoms with Crippen molar-refractivity contribution in [1.82, 2.24) is 5.32 Å². The van der Waals surface area contributed by atoms with Crippen LogP contribution < -0.4 is 5.32 Å². The molecule has 0 radical (unpaired) electrons. The minimum atomic E-state index is -4.57. The highest BCUT2D eigenvalue weighted by atomic mass is 35.7. The van der Waals surface area contributed by atoms with E-state index in [1.807, 2.05) is 5.32 Å². The molecule has 1 rings (SSSR count). The number of nitrogens with one attached hydrogen (secondary N) is 1. The molecule has 0 aromatic heterocycles. The largest absolute Gasteiger partial charge is 0.351 e. The van der Waals surface area contributed by atoms with Crippen LogP contribution in [0.3, 0.4) is 0 Å². The van der Waals surface area contributed by atoms with Gasteiger partial charge in [0.15, 0.2) is 5.82 Å². The third-order valence-corrected chi connectivity index (χ3v) is 4.54. The monoisotopic (exact) mass is 361 g/mol. The lowest BCUT2D eigenvalue weighted by Crippen LogP contribution is -2.29. The molecule has 11 heteroatoms. The Balaban J connectivity index is 3.08. The highest BCUT2D eigenvalue weighted by Gasteiger charge is 2.24. The first-order chi connectivity index (χ1) is 9.42. The maximum Gasteiger partial charge on any atom is 0.264 e. The number of rotatable bonds is 5. The Labute approximate surface area is 124 Å². The van der Waals surface area contributed by atoms with Crippen molar-refractivity contribution < 1.29 is 30.4 Å². The van der Waals surface area contributed by atoms with Crippen LogP contribution in [-0.2, 0) is 18.9 Å². The van der Waals surface area contributed by atoms with Gasteiger partial charge in [-0.25, -0.2) is 25.6 Å². The van der Waals surface area contributed by atoms with E-state index in [4.69, 9.17) is 10.7 Å². The number of hydrogen-bond acceptors (Lipinski definition) is 5. The van der Waals surface area contributed by atoms with Crippen LogP contribution in [0.2, 0.25) is 0 Å². The molecule has 0 spiro atoms. The van der Waals surface area contributed by atoms with Gasteiger partial charge in [0.1, 0.15) is 20.5 Å². The van der Waals surface area contributed by atoms with Gasteiger partial charge in [0, 0.05) is 23.5 Å². The lowest BCUT2D eigenvalue weighted by atomic mass is 10.2. The summed E-state index contributed by atoms with van der Waals surface area (Å²) >= 11 is 0. The Bertz CT molecular complexity index is 777. The number of sulfone groups is 1. The van der Waals surface area contributed by atoms with Gasteiger partial charge < -0.3 is 5.32 Å². The van der Waals surface area contributed by atoms with Crippen molar-refractivity contribution in [2.24, 2.45) is 0 Å². The summed E-state index contributed by atoms with van der Waals surface area (Å²) in [6.07, 6.45) is 0.931. The molecule has 1 aromatic rings. The van der Waals surface area contributed by atoms with Crippen molar-refractivity contribution in [3.05, 3.63) is 29.3 Å². The van der Waals surface area contributed by atoms with Crippen LogP contribution in [0.5, 0.6) is 0 Å². The Kier molecular flexibility index (Phi) is 5.29. The van der Waals surface area contributed by atoms with Crippen LogP contribution in [0.25, 0.3) is 0 Å². The van der Waals surface area contributed by atoms with Gasteiger partial charge >= 0.3 is 0 Å². The van der Waals surface area contributed by atoms with Crippen molar-refractivity contribution in [3.63, 3.8) is 0 Å². The lowest BCUT2D eigenvalue weighted by Gasteiger charge is -2.08. The zero-order valence-corrected chi connectivity index (χ0v) is 12.9. The second-order valence-corrected chi connectivity index (χ2v) is 8.88. The molecule has 0 bridgehead atoms. The van der Waals surface area contributed by atoms with Gasteiger partial charge in [0.25, 0.3) is 15.0 Å². The molecule has 1 N–H and O–H groups in total. The first-order valence-corrected chi connectivity index (χ1v) is 9.68. The van der Waals surface area contributed by atoms with E-state index < -0.39 is 52.6 Å². The molecular formula is C10H10ClF2NO5S2. The Morgan fingerprint density at radius 3 is 2.29 bits per heavy atom. The van der Waals surface area contributed by atoms with E-state index in [9.17, 15) is 30.4 Å². The third-order valence-electron chi connectivity index (χ3n) is 2.27. The van der Waals surface area contributed by atoms with Gasteiger partial charge in [-0.15, -0.1) is 0 Å². The van der Waals surface area contributed by atoms with Crippen LogP contribution in [-0.4, -0.2) is 41.3 Å². The van der Waals surface area contributed by atoms with E-state index in [1.165, 1.54) is 0 Å². The lowest BCUT2D eigenvalue weighted by molar-refractivity contribution is 0.0951. The van der Waals surface area contributed by atoms with Gasteiger partial charge in [-0.05, 0) is 12.1 Å². The van der Waals surface area contributed by atoms with Gasteiger partial charge in [-0.3, -0.25) is 4.79 Å². The summed E-state index contributed by atoms with van der Waals surface area (Å²) in [6.45, 7) is -0.337. The number of carbonyl (C=O) groups is 1. The molecule has 1 amide bonds. The summed E-state index contributed by atoms with van der Waals surface area (Å²) in [5, 5.41) is 2.04. The summed E-state index contributed by atoms with van der Waals surface area (Å²) in [7, 11) is -2.99. The minimum Gasteiger partial charge on any atom is -0.351 e. The van der Waals surface area contributed by atoms with E-state index >= 15 is 0 Å². The Morgan fingerprint density at radius 1 is 1.24 bits per heavy atom. The first kappa shape index (κ1) is 17.8. The summed E-state index contributed by atoms with van der Waals surface area (Å²) in [4.78, 5) is 10.5. The molecule has 0 aliphatic heterocycles. The van der Waals surface area contributed by atoms with Crippen LogP contribution in [0.15, 0.2) is 17.0 Å². The van der Waals surface area contributed by atoms with Crippen LogP contribution >= 0.6 is 10.7 Å². The predicted octanol–water partition coefficient (Wildman–Crippen LogP) is 0.667. The van der Waals surface area contributed by atoms with Crippen LogP contribution in [0.4, 0.5) is 8.78 Å². The third kappa shape index (κ3) is 5.21. The van der Waals surface area contributed by atoms with Crippen LogP contribution in [0, 0.1) is 11.6 Å². The van der Waals surface area contributed by atoms with E-state index in [0.29, 0.717) is 12.1 Å². The normalized spacial score (nSPS) is 12.2. The number of hydrogen-bond donors (Lipinski definition) is 1. The van der Waals surface area contributed by atoms with Gasteiger partial charge in [-0.2, -0.15) is 0 Å². The molecule has 0 aliphatic rings. The van der Waals surface area contributed by atoms with Gasteiger partial charge in [0.05, 0.1) is 11.3 Å². The van der Waals surface area contributed by atoms with E-state index in [-0.39, 0.29) is 6.54 Å². The number of amides is 1. The van der Waals surface area contributed by atoms with Gasteiger partial charge in [-0.1, -0.05) is 0 Å². The molecule has 118 valence electrons. The molecule has 0 heterocycles. The number of benzene rings is 1. The Morgan fingerprint density at radius 2 is 1.81 bits per heavy atom. The Hall–Kier alpha value is -1.26. The fourth-order valence-corrected chi connectivity index (χ4v) is 2.74. The fourth-order valence-electron chi connectivity index (χ4n) is 1.35. The standard InChI is InChI=1S/C10H10ClF2NO5S2/c1-20(16,17)3-2-14-10(15)7-4-6(12)5-8(9(7)13)21(11,18)19/h4-5H,2-3H2,1H3,(H,14,15). The molecule has 0 unspecified atom stereocenters. The number of carbonyl (C=O) groups excluding carboxylic acids is 1. The summed E-state index contributed by atoms with van der Waals surface area (Å²) < 4.78 is 71.0. The molecule has 0 fully saturated rings. The maximum atomic E-state index is 13.9. The number of halogens is 3. The predicted molar refractivity (Wildman–Crippen MR) is 71.4 cm³/mol. The first-order valence-electron chi connectivity index (χ1n) is 5.31. The zero-order valence-electron chi connectivity index (χ0n) is 10.6. The van der Waals surface area contributed by atoms with Crippen molar-refractivity contribution in [2.45, 2.75) is 4.90 Å². The molecular weight excluding hydrogens is 352 g/mol. The smallest absolute Gasteiger partial charge is 0.264 e. The molecule has 0 saturated heterocycles. The molecule has 0 saturated carbocycles. The SMILES string of the molecule is CS(=O)(=O)CCNC(=O)c1cc(F)cc(S(=O)(=O)Cl)c1F. The van der Waals surface area contributed by atoms with E-state index in [1.54, 1.807) is 0 Å². The van der Waals surface area contributed by atoms with Crippen molar-refractivity contribution in [2.75, 3.05) is 18.6 Å². The maximum absolute atomic E-state index is 13.9. The average Bonchev–Trinajstić information content (AvgIpc) is 2.28. The zero-order chi connectivity index (χ0) is 16.4. The van der Waals surface area contributed by atoms with Gasteiger partial charge in [0.2, 0.25) is 0 Å². The second-order valence-electron chi connectivity index (χ2n) is 4.09. The summed E-state index contributed by atoms with van der Waals surface area (Å²) in [6, 6.07) is 0.821. The second kappa shape index (κ2) is 6.24. The summed E-state index contributed by atoms with van der Waals surface area (Å²) in [5.41, 5.74) is -0.886. The van der Waals surface area contributed by atoms with Crippen molar-refractivity contribution >= 4 is 35.5 Å². The van der Waals surface area contributed by atoms with Crippen molar-refractivity contribution in [3.8, 4) is 0 Å². The minimum absolute atomic E-state index is 0.337. The summed E-state index contributed by atoms with van der Waals surface area (Å²) in [5.74, 6) is -4.25. The van der Waals surface area contributed by atoms with E-state index in [0.717, 1.165) is 6.26 Å². The average molecular weight is 362 g/mol. The van der Waals surface area contributed by atoms with Crippen LogP contribution in [0.1, 0.15) is 10.4 Å². The molecule has 21 heavy (non-hydrogen) atoms. The van der Waals surface area contributed by atoms with Crippen molar-refractivity contribution in [1.29, 1.82) is 0 Å². The van der Waals surface area contributed by atoms with E-state index in [2.05, 4.69) is 0 Å². The molecule has 0 aliphatic carbocycles. The molecule has 1 aromatic carbocycles.